The van der Waals surface area contributed by atoms with Crippen molar-refractivity contribution in [2.45, 2.75) is 26.4 Å². The van der Waals surface area contributed by atoms with Crippen LogP contribution in [0.2, 0.25) is 0 Å². The molecule has 1 heterocycles. The minimum Gasteiger partial charge on any atom is -0.451 e. The normalized spacial score (nSPS) is 11.6. The van der Waals surface area contributed by atoms with Crippen molar-refractivity contribution in [3.05, 3.63) is 57.8 Å². The summed E-state index contributed by atoms with van der Waals surface area (Å²) in [7, 11) is 0. The highest BCUT2D eigenvalue weighted by molar-refractivity contribution is 7.08. The number of hydrogen-bond acceptors (Lipinski definition) is 5. The summed E-state index contributed by atoms with van der Waals surface area (Å²) in [6, 6.07) is 8.75. The van der Waals surface area contributed by atoms with Gasteiger partial charge in [0, 0.05) is 24.4 Å². The van der Waals surface area contributed by atoms with Crippen LogP contribution in [0, 0.1) is 0 Å². The second-order valence-electron chi connectivity index (χ2n) is 5.35. The van der Waals surface area contributed by atoms with E-state index in [1.54, 1.807) is 35.9 Å². The molecule has 1 N–H and O–H groups in total. The molecule has 0 saturated heterocycles. The van der Waals surface area contributed by atoms with Crippen LogP contribution in [0.15, 0.2) is 41.1 Å². The average Bonchev–Trinajstić information content (AvgIpc) is 3.09. The molecule has 2 rings (SSSR count). The van der Waals surface area contributed by atoms with Gasteiger partial charge in [0.15, 0.2) is 6.10 Å². The van der Waals surface area contributed by atoms with E-state index in [4.69, 9.17) is 4.74 Å². The Bertz CT molecular complexity index is 707. The molecule has 0 radical (unpaired) electrons. The number of benzene rings is 1. The van der Waals surface area contributed by atoms with Crippen LogP contribution < -0.4 is 5.32 Å². The van der Waals surface area contributed by atoms with E-state index in [0.717, 1.165) is 5.56 Å². The van der Waals surface area contributed by atoms with Gasteiger partial charge in [-0.25, -0.2) is 4.79 Å². The number of ketones is 1. The third-order valence-electron chi connectivity index (χ3n) is 3.44. The fourth-order valence-electron chi connectivity index (χ4n) is 2.12. The number of hydrogen-bond donors (Lipinski definition) is 1. The molecule has 0 aliphatic rings. The summed E-state index contributed by atoms with van der Waals surface area (Å²) >= 11 is 1.40. The quantitative estimate of drug-likeness (QED) is 0.619. The Labute approximate surface area is 144 Å². The van der Waals surface area contributed by atoms with Gasteiger partial charge in [0.05, 0.1) is 5.56 Å². The predicted octanol–water partition coefficient (Wildman–Crippen LogP) is 2.85. The Balaban J connectivity index is 1.91. The number of esters is 1. The minimum atomic E-state index is -0.845. The van der Waals surface area contributed by atoms with E-state index in [-0.39, 0.29) is 11.7 Å². The molecule has 0 aliphatic heterocycles. The first kappa shape index (κ1) is 17.9. The summed E-state index contributed by atoms with van der Waals surface area (Å²) < 4.78 is 5.20. The van der Waals surface area contributed by atoms with Gasteiger partial charge in [-0.15, -0.1) is 0 Å². The van der Waals surface area contributed by atoms with Crippen LogP contribution in [-0.4, -0.2) is 30.3 Å². The molecule has 5 nitrogen and oxygen atoms in total. The van der Waals surface area contributed by atoms with Gasteiger partial charge in [0.25, 0.3) is 0 Å². The third-order valence-corrected chi connectivity index (χ3v) is 4.12. The first-order chi connectivity index (χ1) is 11.5. The highest BCUT2D eigenvalue weighted by Gasteiger charge is 2.20. The first-order valence-corrected chi connectivity index (χ1v) is 8.52. The van der Waals surface area contributed by atoms with Gasteiger partial charge < -0.3 is 10.1 Å². The molecular weight excluding hydrogens is 326 g/mol. The monoisotopic (exact) mass is 345 g/mol. The molecule has 0 bridgehead atoms. The van der Waals surface area contributed by atoms with E-state index in [1.807, 2.05) is 12.1 Å². The van der Waals surface area contributed by atoms with Crippen molar-refractivity contribution in [3.8, 4) is 0 Å². The topological polar surface area (TPSA) is 72.5 Å². The molecule has 24 heavy (non-hydrogen) atoms. The van der Waals surface area contributed by atoms with Crippen LogP contribution in [0.5, 0.6) is 0 Å². The predicted molar refractivity (Wildman–Crippen MR) is 92.4 cm³/mol. The van der Waals surface area contributed by atoms with Crippen molar-refractivity contribution >= 4 is 29.0 Å². The van der Waals surface area contributed by atoms with Crippen molar-refractivity contribution in [2.75, 3.05) is 6.54 Å². The van der Waals surface area contributed by atoms with Gasteiger partial charge >= 0.3 is 5.97 Å². The van der Waals surface area contributed by atoms with Gasteiger partial charge in [0.2, 0.25) is 11.7 Å². The van der Waals surface area contributed by atoms with Crippen LogP contribution in [-0.2, 0) is 16.0 Å². The molecule has 0 aliphatic carbocycles. The van der Waals surface area contributed by atoms with Crippen LogP contribution in [0.25, 0.3) is 0 Å². The molecule has 1 aromatic heterocycles. The molecule has 0 unspecified atom stereocenters. The fourth-order valence-corrected chi connectivity index (χ4v) is 2.74. The highest BCUT2D eigenvalue weighted by Crippen LogP contribution is 2.13. The van der Waals surface area contributed by atoms with Gasteiger partial charge in [-0.1, -0.05) is 24.3 Å². The SMILES string of the molecule is CC(=O)NCCc1ccc(C(=O)[C@H](C)OC(=O)c2ccsc2)cc1. The van der Waals surface area contributed by atoms with Crippen LogP contribution >= 0.6 is 11.3 Å². The number of nitrogens with one attached hydrogen (secondary N) is 1. The Morgan fingerprint density at radius 2 is 1.83 bits per heavy atom. The van der Waals surface area contributed by atoms with E-state index < -0.39 is 12.1 Å². The van der Waals surface area contributed by atoms with E-state index >= 15 is 0 Å². The van der Waals surface area contributed by atoms with Crippen molar-refractivity contribution in [2.24, 2.45) is 0 Å². The number of carbonyl (C=O) groups is 3. The Morgan fingerprint density at radius 3 is 2.42 bits per heavy atom. The summed E-state index contributed by atoms with van der Waals surface area (Å²) in [5, 5.41) is 6.19. The van der Waals surface area contributed by atoms with E-state index in [9.17, 15) is 14.4 Å². The van der Waals surface area contributed by atoms with Crippen molar-refractivity contribution in [3.63, 3.8) is 0 Å². The number of rotatable bonds is 7. The maximum Gasteiger partial charge on any atom is 0.339 e. The molecule has 2 aromatic rings. The second-order valence-corrected chi connectivity index (χ2v) is 6.13. The van der Waals surface area contributed by atoms with Gasteiger partial charge in [-0.05, 0) is 30.4 Å². The maximum atomic E-state index is 12.3. The van der Waals surface area contributed by atoms with Gasteiger partial charge in [-0.3, -0.25) is 9.59 Å². The lowest BCUT2D eigenvalue weighted by Gasteiger charge is -2.12. The number of carbonyl (C=O) groups excluding carboxylic acids is 3. The maximum absolute atomic E-state index is 12.3. The van der Waals surface area contributed by atoms with Crippen molar-refractivity contribution < 1.29 is 19.1 Å². The highest BCUT2D eigenvalue weighted by atomic mass is 32.1. The summed E-state index contributed by atoms with van der Waals surface area (Å²) in [6.07, 6.45) is -0.154. The van der Waals surface area contributed by atoms with Gasteiger partial charge in [0.1, 0.15) is 0 Å². The lowest BCUT2D eigenvalue weighted by atomic mass is 10.0. The van der Waals surface area contributed by atoms with Gasteiger partial charge in [-0.2, -0.15) is 11.3 Å². The van der Waals surface area contributed by atoms with Crippen LogP contribution in [0.1, 0.15) is 40.1 Å². The molecule has 0 spiro atoms. The Morgan fingerprint density at radius 1 is 1.12 bits per heavy atom. The summed E-state index contributed by atoms with van der Waals surface area (Å²) in [5.74, 6) is -0.806. The van der Waals surface area contributed by atoms with Crippen molar-refractivity contribution in [1.29, 1.82) is 0 Å². The van der Waals surface area contributed by atoms with E-state index in [0.29, 0.717) is 24.1 Å². The molecule has 1 atom stereocenters. The Kier molecular flexibility index (Phi) is 6.26. The second kappa shape index (κ2) is 8.40. The first-order valence-electron chi connectivity index (χ1n) is 7.58. The molecule has 1 aromatic carbocycles. The summed E-state index contributed by atoms with van der Waals surface area (Å²) in [5.41, 5.74) is 1.96. The average molecular weight is 345 g/mol. The molecule has 0 saturated carbocycles. The smallest absolute Gasteiger partial charge is 0.339 e. The zero-order valence-electron chi connectivity index (χ0n) is 13.6. The molecule has 126 valence electrons. The van der Waals surface area contributed by atoms with E-state index in [2.05, 4.69) is 5.32 Å². The Hall–Kier alpha value is -2.47. The number of thiophene rings is 1. The van der Waals surface area contributed by atoms with Crippen molar-refractivity contribution in [1.82, 2.24) is 5.32 Å². The number of amides is 1. The molecule has 6 heteroatoms. The zero-order valence-corrected chi connectivity index (χ0v) is 14.4. The minimum absolute atomic E-state index is 0.0666. The number of Topliss-reactive ketones (excluding diaryl/α,β-unsaturated/α-hetero) is 1. The lowest BCUT2D eigenvalue weighted by Crippen LogP contribution is -2.24. The fraction of sp³-hybridized carbons (Fsp3) is 0.278. The standard InChI is InChI=1S/C18H19NO4S/c1-12(23-18(22)16-8-10-24-11-16)17(21)15-5-3-14(4-6-15)7-9-19-13(2)20/h3-6,8,10-12H,7,9H2,1-2H3,(H,19,20)/t12-/m0/s1. The van der Waals surface area contributed by atoms with Crippen LogP contribution in [0.3, 0.4) is 0 Å². The lowest BCUT2D eigenvalue weighted by molar-refractivity contribution is -0.118. The zero-order chi connectivity index (χ0) is 17.5. The molecule has 1 amide bonds. The third kappa shape index (κ3) is 5.03. The summed E-state index contributed by atoms with van der Waals surface area (Å²) in [4.78, 5) is 35.0. The number of ether oxygens (including phenoxy) is 1. The summed E-state index contributed by atoms with van der Waals surface area (Å²) in [6.45, 7) is 3.59. The van der Waals surface area contributed by atoms with Crippen LogP contribution in [0.4, 0.5) is 0 Å². The largest absolute Gasteiger partial charge is 0.451 e. The molecular formula is C18H19NO4S. The van der Waals surface area contributed by atoms with E-state index in [1.165, 1.54) is 18.3 Å². The molecule has 0 fully saturated rings.